The first-order valence-corrected chi connectivity index (χ1v) is 6.46. The lowest BCUT2D eigenvalue weighted by molar-refractivity contribution is -0.140. The molecule has 0 saturated heterocycles. The van der Waals surface area contributed by atoms with Crippen LogP contribution in [0.4, 0.5) is 4.79 Å². The summed E-state index contributed by atoms with van der Waals surface area (Å²) < 4.78 is 4.48. The summed E-state index contributed by atoms with van der Waals surface area (Å²) in [4.78, 5) is 35.4. The second kappa shape index (κ2) is 6.25. The Hall–Kier alpha value is -2.57. The van der Waals surface area contributed by atoms with Crippen LogP contribution in [0.1, 0.15) is 27.9 Å². The van der Waals surface area contributed by atoms with Crippen molar-refractivity contribution in [3.8, 4) is 0 Å². The van der Waals surface area contributed by atoms with Gasteiger partial charge in [-0.15, -0.1) is 0 Å². The highest BCUT2D eigenvalue weighted by Crippen LogP contribution is 2.23. The van der Waals surface area contributed by atoms with Gasteiger partial charge in [-0.25, -0.2) is 9.59 Å². The number of nitrogens with one attached hydrogen (secondary N) is 1. The van der Waals surface area contributed by atoms with Gasteiger partial charge in [0.2, 0.25) is 0 Å². The lowest BCUT2D eigenvalue weighted by Gasteiger charge is -2.16. The second-order valence-corrected chi connectivity index (χ2v) is 4.70. The number of urea groups is 1. The lowest BCUT2D eigenvalue weighted by atomic mass is 10.1. The third kappa shape index (κ3) is 3.50. The number of aromatic carboxylic acids is 1. The Morgan fingerprint density at radius 2 is 2.00 bits per heavy atom. The molecule has 0 atom stereocenters. The summed E-state index contributed by atoms with van der Waals surface area (Å²) in [6, 6.07) is 4.55. The van der Waals surface area contributed by atoms with Crippen molar-refractivity contribution in [1.82, 2.24) is 10.2 Å². The molecular weight excluding hydrogens is 276 g/mol. The van der Waals surface area contributed by atoms with Crippen molar-refractivity contribution in [2.24, 2.45) is 0 Å². The first-order valence-electron chi connectivity index (χ1n) is 6.46. The Morgan fingerprint density at radius 1 is 1.29 bits per heavy atom. The molecule has 0 spiro atoms. The summed E-state index contributed by atoms with van der Waals surface area (Å²) in [5.74, 6) is -1.37. The number of amides is 2. The number of rotatable bonds is 4. The molecule has 1 aliphatic heterocycles. The number of carbonyl (C=O) groups is 3. The normalized spacial score (nSPS) is 12.7. The molecule has 0 fully saturated rings. The second-order valence-electron chi connectivity index (χ2n) is 4.70. The highest BCUT2D eigenvalue weighted by Gasteiger charge is 2.24. The summed E-state index contributed by atoms with van der Waals surface area (Å²) in [6.07, 6.45) is 0.117. The molecular formula is C14H16N2O5. The van der Waals surface area contributed by atoms with E-state index >= 15 is 0 Å². The third-order valence-electron chi connectivity index (χ3n) is 3.30. The number of benzene rings is 1. The van der Waals surface area contributed by atoms with E-state index in [-0.39, 0.29) is 30.5 Å². The third-order valence-corrected chi connectivity index (χ3v) is 3.30. The van der Waals surface area contributed by atoms with E-state index in [2.05, 4.69) is 10.1 Å². The van der Waals surface area contributed by atoms with Gasteiger partial charge in [0.05, 0.1) is 19.1 Å². The molecule has 0 unspecified atom stereocenters. The zero-order chi connectivity index (χ0) is 15.4. The highest BCUT2D eigenvalue weighted by atomic mass is 16.5. The van der Waals surface area contributed by atoms with Crippen molar-refractivity contribution >= 4 is 18.0 Å². The molecule has 1 aromatic carbocycles. The van der Waals surface area contributed by atoms with E-state index < -0.39 is 5.97 Å². The van der Waals surface area contributed by atoms with E-state index in [9.17, 15) is 14.4 Å². The van der Waals surface area contributed by atoms with Gasteiger partial charge in [0, 0.05) is 19.6 Å². The Labute approximate surface area is 121 Å². The van der Waals surface area contributed by atoms with Crippen LogP contribution >= 0.6 is 0 Å². The number of methoxy groups -OCH3 is 1. The summed E-state index contributed by atoms with van der Waals surface area (Å²) >= 11 is 0. The van der Waals surface area contributed by atoms with Crippen LogP contribution in [0, 0.1) is 0 Å². The molecule has 7 nitrogen and oxygen atoms in total. The number of carboxylic acid groups (broad SMARTS) is 1. The molecule has 112 valence electrons. The smallest absolute Gasteiger partial charge is 0.335 e. The van der Waals surface area contributed by atoms with Gasteiger partial charge in [-0.05, 0) is 23.3 Å². The van der Waals surface area contributed by atoms with Crippen molar-refractivity contribution < 1.29 is 24.2 Å². The summed E-state index contributed by atoms with van der Waals surface area (Å²) in [5, 5.41) is 11.6. The maximum absolute atomic E-state index is 11.9. The van der Waals surface area contributed by atoms with Gasteiger partial charge in [0.15, 0.2) is 0 Å². The van der Waals surface area contributed by atoms with E-state index in [1.165, 1.54) is 13.2 Å². The molecule has 2 N–H and O–H groups in total. The summed E-state index contributed by atoms with van der Waals surface area (Å²) in [6.45, 7) is 0.999. The first kappa shape index (κ1) is 14.8. The monoisotopic (exact) mass is 292 g/mol. The van der Waals surface area contributed by atoms with Crippen LogP contribution in [0.5, 0.6) is 0 Å². The minimum atomic E-state index is -0.987. The van der Waals surface area contributed by atoms with Gasteiger partial charge >= 0.3 is 18.0 Å². The predicted molar refractivity (Wildman–Crippen MR) is 72.7 cm³/mol. The van der Waals surface area contributed by atoms with Crippen LogP contribution in [0.15, 0.2) is 18.2 Å². The molecule has 21 heavy (non-hydrogen) atoms. The number of hydrogen-bond acceptors (Lipinski definition) is 4. The van der Waals surface area contributed by atoms with Gasteiger partial charge in [0.25, 0.3) is 0 Å². The molecule has 2 amide bonds. The zero-order valence-electron chi connectivity index (χ0n) is 11.6. The van der Waals surface area contributed by atoms with Crippen LogP contribution in [-0.2, 0) is 22.6 Å². The topological polar surface area (TPSA) is 95.9 Å². The summed E-state index contributed by atoms with van der Waals surface area (Å²) in [7, 11) is 1.29. The molecule has 0 bridgehead atoms. The van der Waals surface area contributed by atoms with Crippen molar-refractivity contribution in [2.45, 2.75) is 19.5 Å². The number of carbonyl (C=O) groups excluding carboxylic acids is 2. The minimum absolute atomic E-state index is 0.117. The fourth-order valence-electron chi connectivity index (χ4n) is 2.16. The molecule has 7 heteroatoms. The fourth-order valence-corrected chi connectivity index (χ4v) is 2.16. The highest BCUT2D eigenvalue weighted by molar-refractivity contribution is 5.88. The Morgan fingerprint density at radius 3 is 2.67 bits per heavy atom. The van der Waals surface area contributed by atoms with Crippen LogP contribution in [0.3, 0.4) is 0 Å². The number of fused-ring (bicyclic) bond motifs is 1. The average Bonchev–Trinajstić information content (AvgIpc) is 2.89. The van der Waals surface area contributed by atoms with Crippen LogP contribution in [0.2, 0.25) is 0 Å². The van der Waals surface area contributed by atoms with Crippen molar-refractivity contribution in [3.05, 3.63) is 34.9 Å². The van der Waals surface area contributed by atoms with Gasteiger partial charge < -0.3 is 20.1 Å². The van der Waals surface area contributed by atoms with Crippen molar-refractivity contribution in [2.75, 3.05) is 13.7 Å². The number of esters is 1. The predicted octanol–water partition coefficient (Wildman–Crippen LogP) is 0.973. The largest absolute Gasteiger partial charge is 0.478 e. The molecule has 1 aliphatic rings. The number of ether oxygens (including phenoxy) is 1. The molecule has 0 aliphatic carbocycles. The Balaban J connectivity index is 1.91. The Kier molecular flexibility index (Phi) is 4.42. The quantitative estimate of drug-likeness (QED) is 0.806. The maximum Gasteiger partial charge on any atom is 0.335 e. The van der Waals surface area contributed by atoms with Crippen LogP contribution in [-0.4, -0.2) is 41.6 Å². The average molecular weight is 292 g/mol. The molecule has 0 saturated carbocycles. The van der Waals surface area contributed by atoms with Gasteiger partial charge in [-0.1, -0.05) is 6.07 Å². The van der Waals surface area contributed by atoms with Gasteiger partial charge in [-0.3, -0.25) is 4.79 Å². The van der Waals surface area contributed by atoms with E-state index in [1.54, 1.807) is 17.0 Å². The molecule has 1 heterocycles. The minimum Gasteiger partial charge on any atom is -0.478 e. The van der Waals surface area contributed by atoms with E-state index in [0.717, 1.165) is 11.1 Å². The van der Waals surface area contributed by atoms with Gasteiger partial charge in [0.1, 0.15) is 0 Å². The standard InChI is InChI=1S/C14H16N2O5/c1-21-12(17)4-5-15-14(20)16-7-10-3-2-9(13(18)19)6-11(10)8-16/h2-3,6H,4-5,7-8H2,1H3,(H,15,20)(H,18,19). The van der Waals surface area contributed by atoms with E-state index in [4.69, 9.17) is 5.11 Å². The Bertz CT molecular complexity index is 585. The molecule has 2 rings (SSSR count). The van der Waals surface area contributed by atoms with Crippen LogP contribution in [0.25, 0.3) is 0 Å². The molecule has 0 aromatic heterocycles. The number of hydrogen-bond donors (Lipinski definition) is 2. The fraction of sp³-hybridized carbons (Fsp3) is 0.357. The molecule has 1 aromatic rings. The summed E-state index contributed by atoms with van der Waals surface area (Å²) in [5.41, 5.74) is 1.97. The van der Waals surface area contributed by atoms with Crippen molar-refractivity contribution in [1.29, 1.82) is 0 Å². The SMILES string of the molecule is COC(=O)CCNC(=O)N1Cc2ccc(C(=O)O)cc2C1. The zero-order valence-corrected chi connectivity index (χ0v) is 11.6. The first-order chi connectivity index (χ1) is 10.0. The van der Waals surface area contributed by atoms with E-state index in [1.807, 2.05) is 0 Å². The van der Waals surface area contributed by atoms with E-state index in [0.29, 0.717) is 13.1 Å². The van der Waals surface area contributed by atoms with Crippen LogP contribution < -0.4 is 5.32 Å². The number of carboxylic acids is 1. The lowest BCUT2D eigenvalue weighted by Crippen LogP contribution is -2.37. The van der Waals surface area contributed by atoms with Gasteiger partial charge in [-0.2, -0.15) is 0 Å². The molecule has 0 radical (unpaired) electrons. The maximum atomic E-state index is 11.9. The van der Waals surface area contributed by atoms with Crippen molar-refractivity contribution in [3.63, 3.8) is 0 Å². The number of nitrogens with zero attached hydrogens (tertiary/aromatic N) is 1.